The average molecular weight is 296 g/mol. The van der Waals surface area contributed by atoms with Crippen molar-refractivity contribution >= 4 is 12.6 Å². The van der Waals surface area contributed by atoms with Gasteiger partial charge in [-0.15, -0.1) is 0 Å². The van der Waals surface area contributed by atoms with Gasteiger partial charge in [0, 0.05) is 12.6 Å². The second kappa shape index (κ2) is 7.05. The van der Waals surface area contributed by atoms with Gasteiger partial charge in [0.15, 0.2) is 0 Å². The number of thiol groups is 1. The van der Waals surface area contributed by atoms with Gasteiger partial charge in [-0.05, 0) is 62.2 Å². The van der Waals surface area contributed by atoms with E-state index in [4.69, 9.17) is 12.6 Å². The predicted molar refractivity (Wildman–Crippen MR) is 90.5 cm³/mol. The van der Waals surface area contributed by atoms with Gasteiger partial charge in [0.1, 0.15) is 0 Å². The van der Waals surface area contributed by atoms with E-state index in [0.29, 0.717) is 5.41 Å². The molecule has 20 heavy (non-hydrogen) atoms. The Hall–Kier alpha value is 0.310. The molecule has 0 aromatic carbocycles. The summed E-state index contributed by atoms with van der Waals surface area (Å²) in [7, 11) is 0. The van der Waals surface area contributed by atoms with E-state index in [0.717, 1.165) is 17.7 Å². The van der Waals surface area contributed by atoms with E-state index in [1.165, 1.54) is 90.1 Å². The van der Waals surface area contributed by atoms with Gasteiger partial charge in [-0.2, -0.15) is 12.6 Å². The van der Waals surface area contributed by atoms with Crippen LogP contribution in [0.2, 0.25) is 0 Å². The molecule has 1 heterocycles. The van der Waals surface area contributed by atoms with Gasteiger partial charge < -0.3 is 0 Å². The van der Waals surface area contributed by atoms with Gasteiger partial charge in [-0.25, -0.2) is 0 Å². The summed E-state index contributed by atoms with van der Waals surface area (Å²) in [4.78, 5) is 2.90. The maximum atomic E-state index is 4.78. The van der Waals surface area contributed by atoms with Crippen LogP contribution in [0.4, 0.5) is 0 Å². The Balaban J connectivity index is 1.64. The summed E-state index contributed by atoms with van der Waals surface area (Å²) < 4.78 is 0. The molecule has 3 rings (SSSR count). The maximum absolute atomic E-state index is 4.78. The molecule has 1 nitrogen and oxygen atoms in total. The molecule has 0 amide bonds. The SMILES string of the molecule is SCC1(CN2CCCC2C2CCCC2)CCCCCC1. The van der Waals surface area contributed by atoms with E-state index in [9.17, 15) is 0 Å². The van der Waals surface area contributed by atoms with Crippen LogP contribution in [0.1, 0.15) is 77.0 Å². The summed E-state index contributed by atoms with van der Waals surface area (Å²) in [6, 6.07) is 0.928. The lowest BCUT2D eigenvalue weighted by Gasteiger charge is -2.39. The highest BCUT2D eigenvalue weighted by molar-refractivity contribution is 7.80. The van der Waals surface area contributed by atoms with Gasteiger partial charge >= 0.3 is 0 Å². The van der Waals surface area contributed by atoms with Crippen LogP contribution in [-0.2, 0) is 0 Å². The quantitative estimate of drug-likeness (QED) is 0.569. The first-order valence-corrected chi connectivity index (χ1v) is 9.81. The Morgan fingerprint density at radius 3 is 2.20 bits per heavy atom. The molecule has 1 atom stereocenters. The van der Waals surface area contributed by atoms with Crippen LogP contribution < -0.4 is 0 Å². The van der Waals surface area contributed by atoms with Gasteiger partial charge in [0.2, 0.25) is 0 Å². The van der Waals surface area contributed by atoms with Crippen LogP contribution >= 0.6 is 12.6 Å². The monoisotopic (exact) mass is 295 g/mol. The summed E-state index contributed by atoms with van der Waals surface area (Å²) in [5.74, 6) is 2.14. The largest absolute Gasteiger partial charge is 0.300 e. The van der Waals surface area contributed by atoms with Crippen molar-refractivity contribution in [3.05, 3.63) is 0 Å². The van der Waals surface area contributed by atoms with Crippen LogP contribution in [0.5, 0.6) is 0 Å². The number of likely N-dealkylation sites (tertiary alicyclic amines) is 1. The molecule has 2 saturated carbocycles. The summed E-state index contributed by atoms with van der Waals surface area (Å²) in [5, 5.41) is 0. The molecule has 0 radical (unpaired) electrons. The Morgan fingerprint density at radius 1 is 0.850 bits per heavy atom. The standard InChI is InChI=1S/C18H33NS/c20-15-18(11-5-1-2-6-12-18)14-19-13-7-10-17(19)16-8-3-4-9-16/h16-17,20H,1-15H2. The van der Waals surface area contributed by atoms with Crippen LogP contribution in [0.3, 0.4) is 0 Å². The van der Waals surface area contributed by atoms with Crippen LogP contribution in [0.25, 0.3) is 0 Å². The molecular weight excluding hydrogens is 262 g/mol. The topological polar surface area (TPSA) is 3.24 Å². The molecule has 2 heteroatoms. The Morgan fingerprint density at radius 2 is 1.55 bits per heavy atom. The Labute approximate surface area is 131 Å². The predicted octanol–water partition coefficient (Wildman–Crippen LogP) is 4.91. The van der Waals surface area contributed by atoms with Crippen molar-refractivity contribution in [2.75, 3.05) is 18.8 Å². The summed E-state index contributed by atoms with van der Waals surface area (Å²) in [5.41, 5.74) is 0.542. The molecule has 3 fully saturated rings. The summed E-state index contributed by atoms with van der Waals surface area (Å²) >= 11 is 4.78. The highest BCUT2D eigenvalue weighted by atomic mass is 32.1. The van der Waals surface area contributed by atoms with E-state index in [1.807, 2.05) is 0 Å². The van der Waals surface area contributed by atoms with E-state index in [2.05, 4.69) is 4.90 Å². The fourth-order valence-electron chi connectivity index (χ4n) is 5.20. The minimum atomic E-state index is 0.542. The van der Waals surface area contributed by atoms with Gasteiger partial charge in [-0.1, -0.05) is 38.5 Å². The van der Waals surface area contributed by atoms with Crippen molar-refractivity contribution in [3.63, 3.8) is 0 Å². The fraction of sp³-hybridized carbons (Fsp3) is 1.00. The van der Waals surface area contributed by atoms with Crippen molar-refractivity contribution < 1.29 is 0 Å². The van der Waals surface area contributed by atoms with Crippen LogP contribution in [-0.4, -0.2) is 29.8 Å². The zero-order valence-electron chi connectivity index (χ0n) is 13.2. The van der Waals surface area contributed by atoms with E-state index in [-0.39, 0.29) is 0 Å². The molecule has 3 aliphatic rings. The summed E-state index contributed by atoms with van der Waals surface area (Å²) in [6.45, 7) is 2.73. The molecule has 0 spiro atoms. The smallest absolute Gasteiger partial charge is 0.0124 e. The second-order valence-electron chi connectivity index (χ2n) is 7.80. The Kier molecular flexibility index (Phi) is 5.36. The molecule has 0 aromatic heterocycles. The molecule has 0 aromatic rings. The van der Waals surface area contributed by atoms with Crippen molar-refractivity contribution in [1.82, 2.24) is 4.90 Å². The number of rotatable bonds is 4. The lowest BCUT2D eigenvalue weighted by Crippen LogP contribution is -2.43. The van der Waals surface area contributed by atoms with Gasteiger partial charge in [0.05, 0.1) is 0 Å². The molecule has 0 N–H and O–H groups in total. The lowest BCUT2D eigenvalue weighted by molar-refractivity contribution is 0.112. The molecule has 2 aliphatic carbocycles. The second-order valence-corrected chi connectivity index (χ2v) is 8.11. The van der Waals surface area contributed by atoms with Crippen molar-refractivity contribution in [2.45, 2.75) is 83.1 Å². The molecule has 116 valence electrons. The first-order valence-electron chi connectivity index (χ1n) is 9.18. The zero-order chi connectivity index (χ0) is 13.8. The number of hydrogen-bond acceptors (Lipinski definition) is 2. The third-order valence-electron chi connectivity index (χ3n) is 6.40. The van der Waals surface area contributed by atoms with E-state index in [1.54, 1.807) is 0 Å². The highest BCUT2D eigenvalue weighted by Gasteiger charge is 2.38. The molecule has 1 saturated heterocycles. The van der Waals surface area contributed by atoms with Crippen LogP contribution in [0, 0.1) is 11.3 Å². The average Bonchev–Trinajstić information content (AvgIpc) is 3.07. The zero-order valence-corrected chi connectivity index (χ0v) is 14.1. The molecular formula is C18H33NS. The third kappa shape index (κ3) is 3.38. The van der Waals surface area contributed by atoms with E-state index >= 15 is 0 Å². The first-order chi connectivity index (χ1) is 9.83. The lowest BCUT2D eigenvalue weighted by atomic mass is 9.81. The van der Waals surface area contributed by atoms with E-state index < -0.39 is 0 Å². The number of hydrogen-bond donors (Lipinski definition) is 1. The molecule has 1 aliphatic heterocycles. The molecule has 0 bridgehead atoms. The first kappa shape index (κ1) is 15.2. The van der Waals surface area contributed by atoms with Crippen molar-refractivity contribution in [1.29, 1.82) is 0 Å². The maximum Gasteiger partial charge on any atom is 0.0124 e. The molecule has 1 unspecified atom stereocenters. The minimum absolute atomic E-state index is 0.542. The number of nitrogens with zero attached hydrogens (tertiary/aromatic N) is 1. The van der Waals surface area contributed by atoms with Crippen molar-refractivity contribution in [3.8, 4) is 0 Å². The Bertz CT molecular complexity index is 290. The van der Waals surface area contributed by atoms with Crippen LogP contribution in [0.15, 0.2) is 0 Å². The highest BCUT2D eigenvalue weighted by Crippen LogP contribution is 2.41. The van der Waals surface area contributed by atoms with Gasteiger partial charge in [0.25, 0.3) is 0 Å². The van der Waals surface area contributed by atoms with Gasteiger partial charge in [-0.3, -0.25) is 4.90 Å². The fourth-order valence-corrected chi connectivity index (χ4v) is 5.62. The van der Waals surface area contributed by atoms with Crippen molar-refractivity contribution in [2.24, 2.45) is 11.3 Å². The summed E-state index contributed by atoms with van der Waals surface area (Å²) in [6.07, 6.45) is 17.6. The minimum Gasteiger partial charge on any atom is -0.300 e. The third-order valence-corrected chi connectivity index (χ3v) is 7.07. The normalized spacial score (nSPS) is 32.5.